The predicted octanol–water partition coefficient (Wildman–Crippen LogP) is 3.18. The molecule has 0 spiro atoms. The lowest BCUT2D eigenvalue weighted by Crippen LogP contribution is -2.18. The molecule has 0 aliphatic carbocycles. The van der Waals surface area contributed by atoms with Gasteiger partial charge >= 0.3 is 0 Å². The summed E-state index contributed by atoms with van der Waals surface area (Å²) in [7, 11) is 0. The molecule has 0 amide bonds. The van der Waals surface area contributed by atoms with Gasteiger partial charge in [-0.2, -0.15) is 0 Å². The molecule has 1 N–H and O–H groups in total. The Morgan fingerprint density at radius 2 is 1.93 bits per heavy atom. The fourth-order valence-corrected chi connectivity index (χ4v) is 1.51. The first-order chi connectivity index (χ1) is 7.43. The van der Waals surface area contributed by atoms with Crippen molar-refractivity contribution >= 4 is 0 Å². The molecular weight excluding hydrogens is 182 g/mol. The number of hydrogen-bond donors (Lipinski definition) is 1. The second-order valence-electron chi connectivity index (χ2n) is 3.70. The Bertz CT molecular complexity index is 264. The van der Waals surface area contributed by atoms with Gasteiger partial charge in [0.25, 0.3) is 0 Å². The molecule has 15 heavy (non-hydrogen) atoms. The van der Waals surface area contributed by atoms with Gasteiger partial charge in [-0.3, -0.25) is 0 Å². The van der Waals surface area contributed by atoms with Crippen molar-refractivity contribution in [2.45, 2.75) is 26.2 Å². The molecule has 0 bridgehead atoms. The van der Waals surface area contributed by atoms with E-state index in [-0.39, 0.29) is 0 Å². The fourth-order valence-electron chi connectivity index (χ4n) is 1.51. The van der Waals surface area contributed by atoms with E-state index in [9.17, 15) is 0 Å². The number of nitrogens with one attached hydrogen (secondary N) is 1. The highest BCUT2D eigenvalue weighted by Crippen LogP contribution is 1.98. The Labute approximate surface area is 93.2 Å². The Morgan fingerprint density at radius 1 is 1.13 bits per heavy atom. The lowest BCUT2D eigenvalue weighted by Gasteiger charge is -2.03. The Balaban J connectivity index is 1.98. The van der Waals surface area contributed by atoms with Crippen LogP contribution in [0, 0.1) is 0 Å². The molecule has 1 nitrogen and oxygen atoms in total. The van der Waals surface area contributed by atoms with E-state index in [1.807, 2.05) is 0 Å². The van der Waals surface area contributed by atoms with E-state index < -0.39 is 0 Å². The van der Waals surface area contributed by atoms with E-state index in [0.717, 1.165) is 19.5 Å². The summed E-state index contributed by atoms with van der Waals surface area (Å²) in [6.07, 6.45) is 7.89. The number of benzene rings is 1. The summed E-state index contributed by atoms with van der Waals surface area (Å²) in [6.45, 7) is 4.28. The molecule has 0 saturated heterocycles. The average Bonchev–Trinajstić information content (AvgIpc) is 2.29. The van der Waals surface area contributed by atoms with Gasteiger partial charge in [-0.05, 0) is 44.8 Å². The van der Waals surface area contributed by atoms with Crippen molar-refractivity contribution in [2.24, 2.45) is 0 Å². The molecule has 0 unspecified atom stereocenters. The van der Waals surface area contributed by atoms with Crippen molar-refractivity contribution in [1.82, 2.24) is 5.32 Å². The standard InChI is InChI=1S/C14H21N/c1-2-3-4-8-12-15-13-11-14-9-6-5-7-10-14/h2-3,5-7,9-10,15H,4,8,11-13H2,1H3/b3-2+. The SMILES string of the molecule is C/C=C/CCCNCCc1ccccc1. The summed E-state index contributed by atoms with van der Waals surface area (Å²) in [5.41, 5.74) is 1.42. The zero-order chi connectivity index (χ0) is 10.8. The Hall–Kier alpha value is -1.08. The second-order valence-corrected chi connectivity index (χ2v) is 3.70. The maximum Gasteiger partial charge on any atom is -0.000835 e. The molecule has 0 radical (unpaired) electrons. The largest absolute Gasteiger partial charge is 0.316 e. The number of hydrogen-bond acceptors (Lipinski definition) is 1. The second kappa shape index (κ2) is 8.25. The third kappa shape index (κ3) is 6.08. The minimum Gasteiger partial charge on any atom is -0.316 e. The molecule has 0 saturated carbocycles. The van der Waals surface area contributed by atoms with E-state index >= 15 is 0 Å². The van der Waals surface area contributed by atoms with Crippen molar-refractivity contribution in [3.63, 3.8) is 0 Å². The first-order valence-corrected chi connectivity index (χ1v) is 5.79. The van der Waals surface area contributed by atoms with Gasteiger partial charge in [-0.15, -0.1) is 0 Å². The zero-order valence-electron chi connectivity index (χ0n) is 9.58. The highest BCUT2D eigenvalue weighted by Gasteiger charge is 1.90. The quantitative estimate of drug-likeness (QED) is 0.530. The van der Waals surface area contributed by atoms with E-state index in [2.05, 4.69) is 54.7 Å². The molecule has 1 heteroatoms. The van der Waals surface area contributed by atoms with E-state index in [1.54, 1.807) is 0 Å². The first kappa shape index (κ1) is 12.0. The van der Waals surface area contributed by atoms with Gasteiger partial charge in [-0.25, -0.2) is 0 Å². The van der Waals surface area contributed by atoms with Gasteiger partial charge in [0.1, 0.15) is 0 Å². The third-order valence-corrected chi connectivity index (χ3v) is 2.39. The molecule has 0 fully saturated rings. The van der Waals surface area contributed by atoms with Gasteiger partial charge in [-0.1, -0.05) is 42.5 Å². The number of allylic oxidation sites excluding steroid dienone is 2. The summed E-state index contributed by atoms with van der Waals surface area (Å²) in [5, 5.41) is 3.46. The molecule has 1 rings (SSSR count). The normalized spacial score (nSPS) is 11.0. The van der Waals surface area contributed by atoms with Crippen LogP contribution >= 0.6 is 0 Å². The van der Waals surface area contributed by atoms with Crippen LogP contribution in [0.3, 0.4) is 0 Å². The van der Waals surface area contributed by atoms with Gasteiger partial charge in [0, 0.05) is 0 Å². The Morgan fingerprint density at radius 3 is 2.67 bits per heavy atom. The Kier molecular flexibility index (Phi) is 6.59. The van der Waals surface area contributed by atoms with Crippen LogP contribution in [-0.4, -0.2) is 13.1 Å². The van der Waals surface area contributed by atoms with Crippen LogP contribution in [0.4, 0.5) is 0 Å². The van der Waals surface area contributed by atoms with Crippen LogP contribution in [0.5, 0.6) is 0 Å². The number of unbranched alkanes of at least 4 members (excludes halogenated alkanes) is 1. The van der Waals surface area contributed by atoms with Gasteiger partial charge in [0.15, 0.2) is 0 Å². The van der Waals surface area contributed by atoms with E-state index in [1.165, 1.54) is 18.4 Å². The van der Waals surface area contributed by atoms with E-state index in [4.69, 9.17) is 0 Å². The minimum atomic E-state index is 1.08. The lowest BCUT2D eigenvalue weighted by molar-refractivity contribution is 0.653. The topological polar surface area (TPSA) is 12.0 Å². The molecule has 0 atom stereocenters. The van der Waals surface area contributed by atoms with Crippen LogP contribution in [0.1, 0.15) is 25.3 Å². The highest BCUT2D eigenvalue weighted by atomic mass is 14.8. The maximum atomic E-state index is 3.46. The number of rotatable bonds is 7. The molecule has 1 aromatic carbocycles. The summed E-state index contributed by atoms with van der Waals surface area (Å²) in [5.74, 6) is 0. The molecule has 0 aliphatic rings. The minimum absolute atomic E-state index is 1.08. The van der Waals surface area contributed by atoms with Crippen LogP contribution in [-0.2, 0) is 6.42 Å². The summed E-state index contributed by atoms with van der Waals surface area (Å²) < 4.78 is 0. The smallest absolute Gasteiger partial charge is 0.000835 e. The van der Waals surface area contributed by atoms with Gasteiger partial charge in [0.05, 0.1) is 0 Å². The summed E-state index contributed by atoms with van der Waals surface area (Å²) >= 11 is 0. The summed E-state index contributed by atoms with van der Waals surface area (Å²) in [6, 6.07) is 10.6. The molecule has 1 aromatic rings. The first-order valence-electron chi connectivity index (χ1n) is 5.79. The van der Waals surface area contributed by atoms with Gasteiger partial charge < -0.3 is 5.32 Å². The van der Waals surface area contributed by atoms with Crippen LogP contribution < -0.4 is 5.32 Å². The maximum absolute atomic E-state index is 3.46. The highest BCUT2D eigenvalue weighted by molar-refractivity contribution is 5.14. The summed E-state index contributed by atoms with van der Waals surface area (Å²) in [4.78, 5) is 0. The lowest BCUT2D eigenvalue weighted by atomic mass is 10.1. The van der Waals surface area contributed by atoms with Crippen molar-refractivity contribution in [2.75, 3.05) is 13.1 Å². The van der Waals surface area contributed by atoms with Gasteiger partial charge in [0.2, 0.25) is 0 Å². The fraction of sp³-hybridized carbons (Fsp3) is 0.429. The molecule has 0 aliphatic heterocycles. The van der Waals surface area contributed by atoms with Crippen molar-refractivity contribution < 1.29 is 0 Å². The van der Waals surface area contributed by atoms with Crippen LogP contribution in [0.2, 0.25) is 0 Å². The van der Waals surface area contributed by atoms with Crippen LogP contribution in [0.25, 0.3) is 0 Å². The van der Waals surface area contributed by atoms with E-state index in [0.29, 0.717) is 0 Å². The van der Waals surface area contributed by atoms with Crippen molar-refractivity contribution in [3.05, 3.63) is 48.0 Å². The molecular formula is C14H21N. The van der Waals surface area contributed by atoms with Crippen LogP contribution in [0.15, 0.2) is 42.5 Å². The molecule has 0 heterocycles. The third-order valence-electron chi connectivity index (χ3n) is 2.39. The van der Waals surface area contributed by atoms with Crippen molar-refractivity contribution in [3.8, 4) is 0 Å². The monoisotopic (exact) mass is 203 g/mol. The zero-order valence-corrected chi connectivity index (χ0v) is 9.58. The van der Waals surface area contributed by atoms with Crippen molar-refractivity contribution in [1.29, 1.82) is 0 Å². The molecule has 0 aromatic heterocycles. The molecule has 82 valence electrons. The predicted molar refractivity (Wildman–Crippen MR) is 67.1 cm³/mol. The average molecular weight is 203 g/mol.